The molecule has 2 saturated heterocycles. The first-order valence-corrected chi connectivity index (χ1v) is 8.19. The van der Waals surface area contributed by atoms with E-state index in [0.717, 1.165) is 48.8 Å². The van der Waals surface area contributed by atoms with Crippen LogP contribution in [-0.4, -0.2) is 51.7 Å². The number of carbonyl (C=O) groups excluding carboxylic acids is 2. The van der Waals surface area contributed by atoms with Crippen LogP contribution in [0.15, 0.2) is 18.7 Å². The quantitative estimate of drug-likeness (QED) is 0.774. The van der Waals surface area contributed by atoms with E-state index >= 15 is 0 Å². The smallest absolute Gasteiger partial charge is 0.328 e. The summed E-state index contributed by atoms with van der Waals surface area (Å²) in [6.45, 7) is 7.97. The minimum Gasteiger partial charge on any atom is -0.388 e. The predicted octanol–water partition coefficient (Wildman–Crippen LogP) is 1.23. The third-order valence-electron chi connectivity index (χ3n) is 4.44. The minimum atomic E-state index is -0.381. The van der Waals surface area contributed by atoms with Crippen LogP contribution in [0.25, 0.3) is 6.08 Å². The summed E-state index contributed by atoms with van der Waals surface area (Å²) in [5.74, 6) is -0.233. The fourth-order valence-corrected chi connectivity index (χ4v) is 3.17. The molecule has 2 aliphatic heterocycles. The fraction of sp³-hybridized carbons (Fsp3) is 0.412. The van der Waals surface area contributed by atoms with E-state index in [1.165, 1.54) is 0 Å². The number of anilines is 3. The number of benzene rings is 1. The summed E-state index contributed by atoms with van der Waals surface area (Å²) in [4.78, 5) is 27.6. The molecule has 2 aliphatic rings. The van der Waals surface area contributed by atoms with E-state index in [4.69, 9.17) is 0 Å². The van der Waals surface area contributed by atoms with Crippen molar-refractivity contribution in [2.24, 2.45) is 0 Å². The van der Waals surface area contributed by atoms with Crippen LogP contribution in [-0.2, 0) is 4.79 Å². The molecule has 0 unspecified atom stereocenters. The van der Waals surface area contributed by atoms with Crippen LogP contribution in [0.2, 0.25) is 0 Å². The number of imide groups is 1. The van der Waals surface area contributed by atoms with Gasteiger partial charge in [-0.15, -0.1) is 0 Å². The molecular formula is C17H23N5O2. The van der Waals surface area contributed by atoms with Crippen LogP contribution in [0.1, 0.15) is 12.0 Å². The van der Waals surface area contributed by atoms with Gasteiger partial charge in [-0.1, -0.05) is 12.7 Å². The number of amides is 3. The molecule has 7 nitrogen and oxygen atoms in total. The van der Waals surface area contributed by atoms with E-state index in [-0.39, 0.29) is 11.9 Å². The number of carbonyl (C=O) groups is 2. The van der Waals surface area contributed by atoms with Gasteiger partial charge in [0.25, 0.3) is 0 Å². The Kier molecular flexibility index (Phi) is 4.71. The molecule has 24 heavy (non-hydrogen) atoms. The number of hydrogen-bond acceptors (Lipinski definition) is 5. The second-order valence-corrected chi connectivity index (χ2v) is 5.87. The summed E-state index contributed by atoms with van der Waals surface area (Å²) < 4.78 is 0. The minimum absolute atomic E-state index is 0.233. The molecular weight excluding hydrogens is 306 g/mol. The lowest BCUT2D eigenvalue weighted by atomic mass is 10.1. The summed E-state index contributed by atoms with van der Waals surface area (Å²) in [6.07, 6.45) is 2.04. The van der Waals surface area contributed by atoms with Crippen molar-refractivity contribution in [3.8, 4) is 0 Å². The fourth-order valence-electron chi connectivity index (χ4n) is 3.17. The lowest BCUT2D eigenvalue weighted by molar-refractivity contribution is -0.120. The molecule has 0 atom stereocenters. The monoisotopic (exact) mass is 329 g/mol. The Hall–Kier alpha value is -2.54. The highest BCUT2D eigenvalue weighted by Crippen LogP contribution is 2.35. The summed E-state index contributed by atoms with van der Waals surface area (Å²) in [7, 11) is 1.85. The van der Waals surface area contributed by atoms with Crippen LogP contribution in [0, 0.1) is 0 Å². The zero-order valence-electron chi connectivity index (χ0n) is 13.9. The van der Waals surface area contributed by atoms with Crippen LogP contribution in [0.3, 0.4) is 0 Å². The number of nitrogens with zero attached hydrogens (tertiary/aromatic N) is 2. The molecule has 7 heteroatoms. The Morgan fingerprint density at radius 1 is 1.21 bits per heavy atom. The molecule has 2 fully saturated rings. The topological polar surface area (TPSA) is 76.7 Å². The second-order valence-electron chi connectivity index (χ2n) is 5.87. The predicted molar refractivity (Wildman–Crippen MR) is 96.7 cm³/mol. The lowest BCUT2D eigenvalue weighted by Gasteiger charge is -2.33. The summed E-state index contributed by atoms with van der Waals surface area (Å²) in [6, 6.07) is 3.71. The van der Waals surface area contributed by atoms with E-state index in [9.17, 15) is 9.59 Å². The number of nitrogens with one attached hydrogen (secondary N) is 3. The van der Waals surface area contributed by atoms with E-state index in [0.29, 0.717) is 13.0 Å². The van der Waals surface area contributed by atoms with Crippen molar-refractivity contribution < 1.29 is 9.59 Å². The largest absolute Gasteiger partial charge is 0.388 e. The zero-order valence-corrected chi connectivity index (χ0v) is 13.9. The maximum absolute atomic E-state index is 12.3. The Morgan fingerprint density at radius 2 is 1.96 bits per heavy atom. The van der Waals surface area contributed by atoms with Crippen molar-refractivity contribution in [3.63, 3.8) is 0 Å². The third kappa shape index (κ3) is 3.07. The summed E-state index contributed by atoms with van der Waals surface area (Å²) >= 11 is 0. The van der Waals surface area contributed by atoms with Crippen molar-refractivity contribution in [1.82, 2.24) is 10.6 Å². The molecule has 3 N–H and O–H groups in total. The first kappa shape index (κ1) is 16.3. The molecule has 0 radical (unpaired) electrons. The molecule has 128 valence electrons. The SMILES string of the molecule is C=Cc1c(NC)cc(N2CCNCC2)cc1N1CCC(=O)NC1=O. The number of piperazine rings is 1. The van der Waals surface area contributed by atoms with Gasteiger partial charge in [-0.3, -0.25) is 15.0 Å². The number of hydrogen-bond donors (Lipinski definition) is 3. The molecule has 3 rings (SSSR count). The van der Waals surface area contributed by atoms with Crippen molar-refractivity contribution in [3.05, 3.63) is 24.3 Å². The van der Waals surface area contributed by atoms with Gasteiger partial charge in [0.1, 0.15) is 0 Å². The van der Waals surface area contributed by atoms with Gasteiger partial charge in [-0.2, -0.15) is 0 Å². The van der Waals surface area contributed by atoms with Gasteiger partial charge in [0.15, 0.2) is 0 Å². The average Bonchev–Trinajstić information content (AvgIpc) is 2.61. The van der Waals surface area contributed by atoms with Crippen molar-refractivity contribution in [1.29, 1.82) is 0 Å². The molecule has 1 aromatic rings. The maximum Gasteiger partial charge on any atom is 0.328 e. The van der Waals surface area contributed by atoms with E-state index in [1.807, 2.05) is 13.1 Å². The van der Waals surface area contributed by atoms with Crippen LogP contribution in [0.5, 0.6) is 0 Å². The van der Waals surface area contributed by atoms with Crippen LogP contribution >= 0.6 is 0 Å². The highest BCUT2D eigenvalue weighted by atomic mass is 16.2. The summed E-state index contributed by atoms with van der Waals surface area (Å²) in [5, 5.41) is 8.92. The zero-order chi connectivity index (χ0) is 17.1. The Labute approximate surface area is 141 Å². The van der Waals surface area contributed by atoms with Crippen molar-refractivity contribution in [2.75, 3.05) is 54.9 Å². The van der Waals surface area contributed by atoms with Crippen LogP contribution in [0.4, 0.5) is 21.9 Å². The Balaban J connectivity index is 2.03. The van der Waals surface area contributed by atoms with Gasteiger partial charge >= 0.3 is 6.03 Å². The molecule has 0 aromatic heterocycles. The van der Waals surface area contributed by atoms with Gasteiger partial charge in [0, 0.05) is 63.1 Å². The molecule has 0 spiro atoms. The Bertz CT molecular complexity index is 667. The molecule has 3 amide bonds. The third-order valence-corrected chi connectivity index (χ3v) is 4.44. The van der Waals surface area contributed by atoms with Crippen molar-refractivity contribution in [2.45, 2.75) is 6.42 Å². The lowest BCUT2D eigenvalue weighted by Crippen LogP contribution is -2.50. The van der Waals surface area contributed by atoms with Gasteiger partial charge < -0.3 is 15.5 Å². The number of rotatable bonds is 4. The van der Waals surface area contributed by atoms with Crippen molar-refractivity contribution >= 4 is 35.1 Å². The highest BCUT2D eigenvalue weighted by molar-refractivity contribution is 6.07. The standard InChI is InChI=1S/C17H23N5O2/c1-3-13-14(18-2)10-12(21-8-5-19-6-9-21)11-15(13)22-7-4-16(23)20-17(22)24/h3,10-11,18-19H,1,4-9H2,2H3,(H,20,23,24). The van der Waals surface area contributed by atoms with E-state index < -0.39 is 0 Å². The molecule has 0 saturated carbocycles. The maximum atomic E-state index is 12.3. The van der Waals surface area contributed by atoms with Gasteiger partial charge in [0.2, 0.25) is 5.91 Å². The molecule has 0 bridgehead atoms. The molecule has 0 aliphatic carbocycles. The van der Waals surface area contributed by atoms with Gasteiger partial charge in [-0.05, 0) is 12.1 Å². The molecule has 1 aromatic carbocycles. The average molecular weight is 329 g/mol. The van der Waals surface area contributed by atoms with E-state index in [2.05, 4.69) is 33.5 Å². The normalized spacial score (nSPS) is 18.4. The summed E-state index contributed by atoms with van der Waals surface area (Å²) in [5.41, 5.74) is 3.61. The van der Waals surface area contributed by atoms with Gasteiger partial charge in [-0.25, -0.2) is 4.79 Å². The Morgan fingerprint density at radius 3 is 2.58 bits per heavy atom. The first-order valence-electron chi connectivity index (χ1n) is 8.19. The van der Waals surface area contributed by atoms with Crippen LogP contribution < -0.4 is 25.8 Å². The first-order chi connectivity index (χ1) is 11.6. The second kappa shape index (κ2) is 6.92. The van der Waals surface area contributed by atoms with Gasteiger partial charge in [0.05, 0.1) is 5.69 Å². The van der Waals surface area contributed by atoms with E-state index in [1.54, 1.807) is 11.0 Å². The molecule has 2 heterocycles. The number of urea groups is 1. The highest BCUT2D eigenvalue weighted by Gasteiger charge is 2.27.